The fraction of sp³-hybridized carbons (Fsp3) is 0.385. The summed E-state index contributed by atoms with van der Waals surface area (Å²) in [4.78, 5) is 28.0. The van der Waals surface area contributed by atoms with Gasteiger partial charge in [0.15, 0.2) is 5.78 Å². The van der Waals surface area contributed by atoms with Crippen LogP contribution in [0.15, 0.2) is 46.8 Å². The zero-order chi connectivity index (χ0) is 23.7. The maximum Gasteiger partial charge on any atom is 0.336 e. The number of esters is 1. The van der Waals surface area contributed by atoms with Crippen LogP contribution in [0.2, 0.25) is 5.02 Å². The third-order valence-corrected chi connectivity index (χ3v) is 7.51. The van der Waals surface area contributed by atoms with Crippen molar-refractivity contribution in [2.24, 2.45) is 0 Å². The van der Waals surface area contributed by atoms with E-state index >= 15 is 0 Å². The topological polar surface area (TPSA) is 64.6 Å². The van der Waals surface area contributed by atoms with Crippen LogP contribution in [0.4, 0.5) is 0 Å². The Kier molecular flexibility index (Phi) is 6.96. The number of thiophene rings is 1. The molecule has 1 aromatic carbocycles. The molecule has 5 nitrogen and oxygen atoms in total. The number of hydrogen-bond donors (Lipinski definition) is 1. The molecular formula is C26H28ClNO4S. The Morgan fingerprint density at radius 2 is 2.00 bits per heavy atom. The molecule has 0 saturated heterocycles. The molecule has 1 atom stereocenters. The third-order valence-electron chi connectivity index (χ3n) is 6.12. The van der Waals surface area contributed by atoms with Crippen LogP contribution < -0.4 is 10.1 Å². The lowest BCUT2D eigenvalue weighted by Crippen LogP contribution is -2.34. The number of dihydropyridines is 1. The highest BCUT2D eigenvalue weighted by molar-refractivity contribution is 7.12. The lowest BCUT2D eigenvalue weighted by atomic mass is 9.78. The van der Waals surface area contributed by atoms with Gasteiger partial charge < -0.3 is 14.8 Å². The minimum atomic E-state index is -0.414. The number of rotatable bonds is 6. The Hall–Kier alpha value is -2.57. The molecule has 1 aliphatic heterocycles. The Bertz CT molecular complexity index is 1180. The Balaban J connectivity index is 1.70. The second-order valence-corrected chi connectivity index (χ2v) is 10.1. The van der Waals surface area contributed by atoms with E-state index in [-0.39, 0.29) is 18.4 Å². The summed E-state index contributed by atoms with van der Waals surface area (Å²) in [5.41, 5.74) is 4.93. The average molecular weight is 486 g/mol. The van der Waals surface area contributed by atoms with Gasteiger partial charge in [-0.15, -0.1) is 11.3 Å². The van der Waals surface area contributed by atoms with Gasteiger partial charge in [0.2, 0.25) is 0 Å². The van der Waals surface area contributed by atoms with Gasteiger partial charge in [0.1, 0.15) is 12.4 Å². The van der Waals surface area contributed by atoms with Gasteiger partial charge in [-0.25, -0.2) is 4.79 Å². The molecular weight excluding hydrogens is 458 g/mol. The van der Waals surface area contributed by atoms with Crippen molar-refractivity contribution in [2.75, 3.05) is 6.61 Å². The van der Waals surface area contributed by atoms with Crippen LogP contribution in [0.3, 0.4) is 0 Å². The summed E-state index contributed by atoms with van der Waals surface area (Å²) in [6.45, 7) is 8.36. The smallest absolute Gasteiger partial charge is 0.336 e. The SMILES string of the molecule is CCOC(=O)C1=C(C)NC2=C(C(=O)CCC2)[C@@H]1c1cc(COc2ccc(Cl)cc2C)c(C)s1. The molecule has 4 rings (SSSR count). The molecule has 0 amide bonds. The number of benzene rings is 1. The quantitative estimate of drug-likeness (QED) is 0.499. The second kappa shape index (κ2) is 9.74. The maximum absolute atomic E-state index is 13.0. The highest BCUT2D eigenvalue weighted by Gasteiger charge is 2.40. The van der Waals surface area contributed by atoms with Crippen LogP contribution in [0, 0.1) is 13.8 Å². The van der Waals surface area contributed by atoms with Crippen molar-refractivity contribution in [1.82, 2.24) is 5.32 Å². The molecule has 2 aromatic rings. The van der Waals surface area contributed by atoms with Crippen molar-refractivity contribution in [3.8, 4) is 5.75 Å². The highest BCUT2D eigenvalue weighted by Crippen LogP contribution is 2.45. The van der Waals surface area contributed by atoms with Crippen LogP contribution in [0.25, 0.3) is 0 Å². The van der Waals surface area contributed by atoms with Gasteiger partial charge in [-0.05, 0) is 70.4 Å². The van der Waals surface area contributed by atoms with Crippen molar-refractivity contribution in [3.63, 3.8) is 0 Å². The van der Waals surface area contributed by atoms with E-state index in [2.05, 4.69) is 11.4 Å². The lowest BCUT2D eigenvalue weighted by molar-refractivity contribution is -0.138. The van der Waals surface area contributed by atoms with Gasteiger partial charge in [0, 0.05) is 43.7 Å². The molecule has 1 aliphatic carbocycles. The highest BCUT2D eigenvalue weighted by atomic mass is 35.5. The molecule has 2 aliphatic rings. The zero-order valence-electron chi connectivity index (χ0n) is 19.3. The molecule has 0 bridgehead atoms. The number of carbonyl (C=O) groups excluding carboxylic acids is 2. The lowest BCUT2D eigenvalue weighted by Gasteiger charge is -2.33. The number of nitrogens with one attached hydrogen (secondary N) is 1. The first kappa shape index (κ1) is 23.6. The first-order chi connectivity index (χ1) is 15.8. The number of ketones is 1. The predicted octanol–water partition coefficient (Wildman–Crippen LogP) is 6.13. The molecule has 1 aromatic heterocycles. The second-order valence-electron chi connectivity index (χ2n) is 8.41. The summed E-state index contributed by atoms with van der Waals surface area (Å²) in [6.07, 6.45) is 2.13. The number of hydrogen-bond acceptors (Lipinski definition) is 6. The Morgan fingerprint density at radius 3 is 2.73 bits per heavy atom. The molecule has 0 spiro atoms. The average Bonchev–Trinajstić information content (AvgIpc) is 3.12. The van der Waals surface area contributed by atoms with Crippen molar-refractivity contribution < 1.29 is 19.1 Å². The van der Waals surface area contributed by atoms with E-state index in [1.165, 1.54) is 0 Å². The predicted molar refractivity (Wildman–Crippen MR) is 131 cm³/mol. The van der Waals surface area contributed by atoms with Crippen LogP contribution >= 0.6 is 22.9 Å². The number of allylic oxidation sites excluding steroid dienone is 3. The first-order valence-corrected chi connectivity index (χ1v) is 12.4. The van der Waals surface area contributed by atoms with E-state index in [4.69, 9.17) is 21.1 Å². The largest absolute Gasteiger partial charge is 0.489 e. The summed E-state index contributed by atoms with van der Waals surface area (Å²) in [5.74, 6) is 0.0911. The van der Waals surface area contributed by atoms with Crippen molar-refractivity contribution >= 4 is 34.7 Å². The van der Waals surface area contributed by atoms with Gasteiger partial charge in [0.25, 0.3) is 0 Å². The van der Waals surface area contributed by atoms with Crippen LogP contribution in [0.5, 0.6) is 5.75 Å². The molecule has 0 unspecified atom stereocenters. The van der Waals surface area contributed by atoms with Crippen molar-refractivity contribution in [2.45, 2.75) is 59.5 Å². The fourth-order valence-corrected chi connectivity index (χ4v) is 5.89. The number of ether oxygens (including phenoxy) is 2. The summed E-state index contributed by atoms with van der Waals surface area (Å²) in [7, 11) is 0. The molecule has 0 saturated carbocycles. The molecule has 174 valence electrons. The number of carbonyl (C=O) groups is 2. The summed E-state index contributed by atoms with van der Waals surface area (Å²) < 4.78 is 11.5. The van der Waals surface area contributed by atoms with E-state index < -0.39 is 5.92 Å². The molecule has 0 fully saturated rings. The Morgan fingerprint density at radius 1 is 1.21 bits per heavy atom. The molecule has 33 heavy (non-hydrogen) atoms. The maximum atomic E-state index is 13.0. The van der Waals surface area contributed by atoms with E-state index in [1.54, 1.807) is 18.3 Å². The number of aryl methyl sites for hydroxylation is 2. The Labute approximate surface area is 203 Å². The summed E-state index contributed by atoms with van der Waals surface area (Å²) >= 11 is 7.66. The number of halogens is 1. The van der Waals surface area contributed by atoms with Crippen LogP contribution in [-0.2, 0) is 20.9 Å². The molecule has 7 heteroatoms. The van der Waals surface area contributed by atoms with Gasteiger partial charge >= 0.3 is 5.97 Å². The minimum absolute atomic E-state index is 0.101. The normalized spacial score (nSPS) is 18.2. The molecule has 2 heterocycles. The van der Waals surface area contributed by atoms with E-state index in [9.17, 15) is 9.59 Å². The molecule has 0 radical (unpaired) electrons. The first-order valence-electron chi connectivity index (χ1n) is 11.2. The minimum Gasteiger partial charge on any atom is -0.489 e. The van der Waals surface area contributed by atoms with Gasteiger partial charge in [-0.2, -0.15) is 0 Å². The fourth-order valence-electron chi connectivity index (χ4n) is 4.51. The zero-order valence-corrected chi connectivity index (χ0v) is 20.9. The van der Waals surface area contributed by atoms with Crippen LogP contribution in [-0.4, -0.2) is 18.4 Å². The van der Waals surface area contributed by atoms with Crippen molar-refractivity contribution in [1.29, 1.82) is 0 Å². The van der Waals surface area contributed by atoms with E-state index in [1.807, 2.05) is 39.0 Å². The van der Waals surface area contributed by atoms with Gasteiger partial charge in [-0.3, -0.25) is 4.79 Å². The van der Waals surface area contributed by atoms with Crippen LogP contribution in [0.1, 0.15) is 59.9 Å². The summed E-state index contributed by atoms with van der Waals surface area (Å²) in [6, 6.07) is 7.63. The standard InChI is InChI=1S/C26H28ClNO4S/c1-5-31-26(30)23-15(3)28-19-7-6-8-20(29)24(19)25(23)22-12-17(16(4)33-22)13-32-21-10-9-18(27)11-14(21)2/h9-12,25,28H,5-8,13H2,1-4H3/t25-/m1/s1. The van der Waals surface area contributed by atoms with Gasteiger partial charge in [0.05, 0.1) is 18.1 Å². The van der Waals surface area contributed by atoms with E-state index in [0.29, 0.717) is 29.2 Å². The summed E-state index contributed by atoms with van der Waals surface area (Å²) in [5, 5.41) is 4.00. The van der Waals surface area contributed by atoms with E-state index in [0.717, 1.165) is 50.9 Å². The van der Waals surface area contributed by atoms with Crippen molar-refractivity contribution in [3.05, 3.63) is 72.7 Å². The monoisotopic (exact) mass is 485 g/mol. The molecule has 1 N–H and O–H groups in total. The number of Topliss-reactive ketones (excluding diaryl/α,β-unsaturated/α-hetero) is 1. The van der Waals surface area contributed by atoms with Gasteiger partial charge in [-0.1, -0.05) is 11.6 Å². The third kappa shape index (κ3) is 4.73.